The van der Waals surface area contributed by atoms with E-state index in [1.54, 1.807) is 12.1 Å². The average molecular weight is 414 g/mol. The zero-order chi connectivity index (χ0) is 20.6. The van der Waals surface area contributed by atoms with Gasteiger partial charge in [-0.2, -0.15) is 0 Å². The van der Waals surface area contributed by atoms with Gasteiger partial charge in [-0.1, -0.05) is 0 Å². The highest BCUT2D eigenvalue weighted by Gasteiger charge is 2.15. The minimum absolute atomic E-state index is 0.0956. The fraction of sp³-hybridized carbons (Fsp3) is 0.100. The molecular weight excluding hydrogens is 398 g/mol. The van der Waals surface area contributed by atoms with Crippen LogP contribution in [0.3, 0.4) is 0 Å². The zero-order valence-corrected chi connectivity index (χ0v) is 16.1. The second-order valence-corrected chi connectivity index (χ2v) is 8.93. The highest BCUT2D eigenvalue weighted by molar-refractivity contribution is 7.90. The van der Waals surface area contributed by atoms with Gasteiger partial charge >= 0.3 is 0 Å². The molecule has 1 atom stereocenters. The molecule has 1 aromatic carbocycles. The van der Waals surface area contributed by atoms with Crippen LogP contribution in [-0.2, 0) is 15.5 Å². The Morgan fingerprint density at radius 2 is 1.86 bits per heavy atom. The molecule has 0 aliphatic rings. The molecule has 1 unspecified atom stereocenters. The van der Waals surface area contributed by atoms with Crippen LogP contribution in [0.5, 0.6) is 0 Å². The number of anilines is 2. The number of hydrogen-bond donors (Lipinski definition) is 2. The van der Waals surface area contributed by atoms with Gasteiger partial charge in [-0.05, 0) is 42.0 Å². The van der Waals surface area contributed by atoms with E-state index in [9.17, 15) is 13.0 Å². The van der Waals surface area contributed by atoms with Gasteiger partial charge in [0.1, 0.15) is 28.9 Å². The molecule has 0 saturated carbocycles. The van der Waals surface area contributed by atoms with Gasteiger partial charge < -0.3 is 9.73 Å². The van der Waals surface area contributed by atoms with Crippen LogP contribution in [0.4, 0.5) is 20.4 Å². The van der Waals surface area contributed by atoms with Crippen molar-refractivity contribution in [3.8, 4) is 11.1 Å². The van der Waals surface area contributed by atoms with E-state index >= 15 is 0 Å². The first kappa shape index (κ1) is 19.0. The van der Waals surface area contributed by atoms with E-state index in [4.69, 9.17) is 9.20 Å². The highest BCUT2D eigenvalue weighted by atomic mass is 32.2. The number of fused-ring (bicyclic) bond motifs is 1. The molecule has 6 nitrogen and oxygen atoms in total. The summed E-state index contributed by atoms with van der Waals surface area (Å²) in [4.78, 5) is 8.20. The smallest absolute Gasteiger partial charge is 0.149 e. The lowest BCUT2D eigenvalue weighted by Gasteiger charge is -2.10. The van der Waals surface area contributed by atoms with Crippen molar-refractivity contribution < 1.29 is 17.4 Å². The van der Waals surface area contributed by atoms with Crippen molar-refractivity contribution in [1.29, 1.82) is 4.78 Å². The minimum atomic E-state index is -2.70. The summed E-state index contributed by atoms with van der Waals surface area (Å²) in [5.74, 6) is -0.204. The largest absolute Gasteiger partial charge is 0.464 e. The standard InChI is InChI=1S/C20H16F2N4O2S/c1-29(23,27)11-12-4-6-24-18(8-12)26-19-9-15(17(22)10-25-19)13-2-3-16(21)14-5-7-28-20(13)14/h2-10,23H,11H2,1H3,(H,24,25,26). The first-order chi connectivity index (χ1) is 13.8. The number of halogens is 2. The fourth-order valence-corrected chi connectivity index (χ4v) is 3.85. The Labute approximate surface area is 165 Å². The summed E-state index contributed by atoms with van der Waals surface area (Å²) in [5.41, 5.74) is 1.52. The minimum Gasteiger partial charge on any atom is -0.464 e. The Morgan fingerprint density at radius 1 is 1.07 bits per heavy atom. The molecule has 0 amide bonds. The van der Waals surface area contributed by atoms with Crippen LogP contribution < -0.4 is 5.32 Å². The Kier molecular flexibility index (Phi) is 4.75. The molecular formula is C20H16F2N4O2S. The second-order valence-electron chi connectivity index (χ2n) is 6.63. The summed E-state index contributed by atoms with van der Waals surface area (Å²) < 4.78 is 53.0. The molecule has 4 rings (SSSR count). The van der Waals surface area contributed by atoms with Crippen LogP contribution in [0.25, 0.3) is 22.1 Å². The van der Waals surface area contributed by atoms with Crippen molar-refractivity contribution in [3.05, 3.63) is 72.3 Å². The van der Waals surface area contributed by atoms with Crippen molar-refractivity contribution in [1.82, 2.24) is 9.97 Å². The van der Waals surface area contributed by atoms with Crippen molar-refractivity contribution in [3.63, 3.8) is 0 Å². The van der Waals surface area contributed by atoms with Crippen LogP contribution in [0, 0.1) is 16.4 Å². The first-order valence-electron chi connectivity index (χ1n) is 8.55. The van der Waals surface area contributed by atoms with Gasteiger partial charge in [0.25, 0.3) is 0 Å². The SMILES string of the molecule is CS(=N)(=O)Cc1ccnc(Nc2cc(-c3ccc(F)c4ccoc34)c(F)cn2)c1. The summed E-state index contributed by atoms with van der Waals surface area (Å²) >= 11 is 0. The third-order valence-electron chi connectivity index (χ3n) is 4.23. The van der Waals surface area contributed by atoms with E-state index in [0.29, 0.717) is 22.8 Å². The summed E-state index contributed by atoms with van der Waals surface area (Å²) in [6.45, 7) is 0. The average Bonchev–Trinajstić information content (AvgIpc) is 3.14. The summed E-state index contributed by atoms with van der Waals surface area (Å²) in [6, 6.07) is 9.01. The molecule has 0 spiro atoms. The van der Waals surface area contributed by atoms with Gasteiger partial charge in [0.2, 0.25) is 0 Å². The number of rotatable bonds is 5. The van der Waals surface area contributed by atoms with Crippen LogP contribution in [-0.4, -0.2) is 20.4 Å². The first-order valence-corrected chi connectivity index (χ1v) is 10.7. The lowest BCUT2D eigenvalue weighted by molar-refractivity contribution is 0.607. The van der Waals surface area contributed by atoms with Crippen LogP contribution in [0.2, 0.25) is 0 Å². The number of benzene rings is 1. The lowest BCUT2D eigenvalue weighted by atomic mass is 10.0. The normalized spacial score (nSPS) is 13.3. The van der Waals surface area contributed by atoms with Crippen molar-refractivity contribution in [2.24, 2.45) is 0 Å². The fourth-order valence-electron chi connectivity index (χ4n) is 3.04. The summed E-state index contributed by atoms with van der Waals surface area (Å²) in [7, 11) is -2.70. The highest BCUT2D eigenvalue weighted by Crippen LogP contribution is 2.33. The molecule has 0 saturated heterocycles. The third-order valence-corrected chi connectivity index (χ3v) is 5.12. The Morgan fingerprint density at radius 3 is 2.66 bits per heavy atom. The quantitative estimate of drug-likeness (QED) is 0.475. The van der Waals surface area contributed by atoms with E-state index in [2.05, 4.69) is 15.3 Å². The summed E-state index contributed by atoms with van der Waals surface area (Å²) in [5, 5.41) is 3.24. The molecule has 0 radical (unpaired) electrons. The maximum Gasteiger partial charge on any atom is 0.149 e. The van der Waals surface area contributed by atoms with Gasteiger partial charge in [-0.15, -0.1) is 0 Å². The van der Waals surface area contributed by atoms with Gasteiger partial charge in [0.15, 0.2) is 0 Å². The van der Waals surface area contributed by atoms with E-state index in [1.807, 2.05) is 0 Å². The molecule has 0 aliphatic carbocycles. The predicted molar refractivity (Wildman–Crippen MR) is 107 cm³/mol. The van der Waals surface area contributed by atoms with Crippen molar-refractivity contribution in [2.75, 3.05) is 11.6 Å². The Bertz CT molecular complexity index is 1320. The molecule has 9 heteroatoms. The topological polar surface area (TPSA) is 91.9 Å². The number of aromatic nitrogens is 2. The Balaban J connectivity index is 1.70. The molecule has 3 heterocycles. The van der Waals surface area contributed by atoms with E-state index in [1.165, 1.54) is 43.0 Å². The number of pyridine rings is 2. The predicted octanol–water partition coefficient (Wildman–Crippen LogP) is 5.09. The van der Waals surface area contributed by atoms with Gasteiger partial charge in [0.05, 0.1) is 23.6 Å². The van der Waals surface area contributed by atoms with Gasteiger partial charge in [0, 0.05) is 33.3 Å². The lowest BCUT2D eigenvalue weighted by Crippen LogP contribution is -2.02. The van der Waals surface area contributed by atoms with Crippen LogP contribution in [0.15, 0.2) is 59.5 Å². The molecule has 0 fully saturated rings. The third kappa shape index (κ3) is 4.09. The van der Waals surface area contributed by atoms with Gasteiger partial charge in [-0.25, -0.2) is 23.0 Å². The molecule has 4 aromatic rings. The Hall–Kier alpha value is -3.33. The molecule has 2 N–H and O–H groups in total. The summed E-state index contributed by atoms with van der Waals surface area (Å²) in [6.07, 6.45) is 5.30. The van der Waals surface area contributed by atoms with Crippen LogP contribution in [0.1, 0.15) is 5.56 Å². The molecule has 3 aromatic heterocycles. The molecule has 29 heavy (non-hydrogen) atoms. The number of hydrogen-bond acceptors (Lipinski definition) is 6. The molecule has 0 bridgehead atoms. The van der Waals surface area contributed by atoms with E-state index in [0.717, 1.165) is 6.20 Å². The number of furan rings is 1. The van der Waals surface area contributed by atoms with E-state index in [-0.39, 0.29) is 22.3 Å². The number of nitrogens with one attached hydrogen (secondary N) is 2. The second kappa shape index (κ2) is 7.25. The monoisotopic (exact) mass is 414 g/mol. The van der Waals surface area contributed by atoms with Crippen molar-refractivity contribution in [2.45, 2.75) is 5.75 Å². The maximum atomic E-state index is 14.5. The zero-order valence-electron chi connectivity index (χ0n) is 15.3. The molecule has 0 aliphatic heterocycles. The van der Waals surface area contributed by atoms with Crippen molar-refractivity contribution >= 4 is 32.3 Å². The maximum absolute atomic E-state index is 14.5. The van der Waals surface area contributed by atoms with Crippen LogP contribution >= 0.6 is 0 Å². The van der Waals surface area contributed by atoms with Gasteiger partial charge in [-0.3, -0.25) is 4.78 Å². The molecule has 148 valence electrons. The van der Waals surface area contributed by atoms with E-state index < -0.39 is 21.4 Å². The number of nitrogens with zero attached hydrogens (tertiary/aromatic N) is 2.